The number of hydrogen-bond acceptors (Lipinski definition) is 6. The summed E-state index contributed by atoms with van der Waals surface area (Å²) in [7, 11) is 0. The highest BCUT2D eigenvalue weighted by atomic mass is 16.6. The van der Waals surface area contributed by atoms with E-state index >= 15 is 0 Å². The number of aryl methyl sites for hydroxylation is 2. The Morgan fingerprint density at radius 2 is 2.21 bits per heavy atom. The fourth-order valence-corrected chi connectivity index (χ4v) is 3.63. The number of ether oxygens (including phenoxy) is 3. The molecule has 0 radical (unpaired) electrons. The van der Waals surface area contributed by atoms with Gasteiger partial charge in [-0.25, -0.2) is 9.78 Å². The number of fused-ring (bicyclic) bond motifs is 4. The van der Waals surface area contributed by atoms with Crippen molar-refractivity contribution in [2.24, 2.45) is 0 Å². The predicted molar refractivity (Wildman–Crippen MR) is 102 cm³/mol. The zero-order chi connectivity index (χ0) is 19.1. The Morgan fingerprint density at radius 3 is 3.14 bits per heavy atom. The molecular formula is C21H19N3O4. The van der Waals surface area contributed by atoms with E-state index in [9.17, 15) is 4.79 Å². The van der Waals surface area contributed by atoms with Crippen molar-refractivity contribution in [3.05, 3.63) is 64.2 Å². The van der Waals surface area contributed by atoms with Crippen molar-refractivity contribution in [2.75, 3.05) is 13.2 Å². The number of nitrogens with zero attached hydrogens (tertiary/aromatic N) is 3. The molecule has 3 aromatic rings. The SMILES string of the molecule is Cc1ccc2c(c1)CCn1c-2cc(OC[C@@H]2COc3ncccc3O2)nc1=O. The van der Waals surface area contributed by atoms with Gasteiger partial charge in [0.25, 0.3) is 5.88 Å². The molecule has 2 aromatic heterocycles. The average Bonchev–Trinajstić information content (AvgIpc) is 2.71. The van der Waals surface area contributed by atoms with Gasteiger partial charge in [0.15, 0.2) is 11.9 Å². The second kappa shape index (κ2) is 6.67. The van der Waals surface area contributed by atoms with Gasteiger partial charge in [0.2, 0.25) is 5.88 Å². The van der Waals surface area contributed by atoms with Crippen molar-refractivity contribution in [2.45, 2.75) is 26.0 Å². The van der Waals surface area contributed by atoms with Crippen LogP contribution in [0.15, 0.2) is 47.4 Å². The van der Waals surface area contributed by atoms with E-state index in [1.165, 1.54) is 11.1 Å². The van der Waals surface area contributed by atoms with E-state index in [0.29, 0.717) is 30.7 Å². The third-order valence-corrected chi connectivity index (χ3v) is 4.98. The molecule has 0 N–H and O–H groups in total. The summed E-state index contributed by atoms with van der Waals surface area (Å²) in [6, 6.07) is 11.7. The highest BCUT2D eigenvalue weighted by Gasteiger charge is 2.24. The van der Waals surface area contributed by atoms with Gasteiger partial charge in [-0.15, -0.1) is 0 Å². The molecule has 4 heterocycles. The van der Waals surface area contributed by atoms with E-state index in [-0.39, 0.29) is 18.4 Å². The molecule has 0 spiro atoms. The minimum Gasteiger partial charge on any atom is -0.478 e. The van der Waals surface area contributed by atoms with Crippen LogP contribution in [0.2, 0.25) is 0 Å². The van der Waals surface area contributed by atoms with Gasteiger partial charge in [0.1, 0.15) is 13.2 Å². The van der Waals surface area contributed by atoms with Crippen LogP contribution in [-0.2, 0) is 13.0 Å². The molecule has 0 bridgehead atoms. The Hall–Kier alpha value is -3.35. The van der Waals surface area contributed by atoms with Crippen LogP contribution in [0.4, 0.5) is 0 Å². The summed E-state index contributed by atoms with van der Waals surface area (Å²) in [5.74, 6) is 1.37. The standard InChI is InChI=1S/C21H19N3O4/c1-13-4-5-16-14(9-13)6-8-24-17(16)10-19(23-21(24)25)26-11-15-12-27-20-18(28-15)3-2-7-22-20/h2-5,7,9-10,15H,6,8,11-12H2,1H3/t15-/m1/s1. The van der Waals surface area contributed by atoms with Crippen molar-refractivity contribution in [1.29, 1.82) is 0 Å². The van der Waals surface area contributed by atoms with Gasteiger partial charge in [-0.2, -0.15) is 4.98 Å². The molecule has 7 nitrogen and oxygen atoms in total. The zero-order valence-corrected chi connectivity index (χ0v) is 15.4. The number of rotatable bonds is 3. The largest absolute Gasteiger partial charge is 0.478 e. The fourth-order valence-electron chi connectivity index (χ4n) is 3.63. The minimum atomic E-state index is -0.299. The number of aromatic nitrogens is 3. The Kier molecular flexibility index (Phi) is 4.00. The first-order valence-corrected chi connectivity index (χ1v) is 9.26. The molecule has 142 valence electrons. The summed E-state index contributed by atoms with van der Waals surface area (Å²) < 4.78 is 18.9. The topological polar surface area (TPSA) is 75.5 Å². The first-order valence-electron chi connectivity index (χ1n) is 9.26. The van der Waals surface area contributed by atoms with E-state index in [2.05, 4.69) is 35.1 Å². The summed E-state index contributed by atoms with van der Waals surface area (Å²) in [4.78, 5) is 20.7. The predicted octanol–water partition coefficient (Wildman–Crippen LogP) is 2.39. The molecule has 1 aromatic carbocycles. The number of hydrogen-bond donors (Lipinski definition) is 0. The molecule has 7 heteroatoms. The highest BCUT2D eigenvalue weighted by Crippen LogP contribution is 2.31. The lowest BCUT2D eigenvalue weighted by atomic mass is 9.96. The van der Waals surface area contributed by atoms with E-state index < -0.39 is 0 Å². The van der Waals surface area contributed by atoms with E-state index in [1.807, 2.05) is 6.07 Å². The Bertz CT molecular complexity index is 1110. The third kappa shape index (κ3) is 2.98. The van der Waals surface area contributed by atoms with Crippen LogP contribution in [0.5, 0.6) is 17.5 Å². The molecule has 0 aliphatic carbocycles. The monoisotopic (exact) mass is 377 g/mol. The average molecular weight is 377 g/mol. The van der Waals surface area contributed by atoms with Gasteiger partial charge < -0.3 is 14.2 Å². The summed E-state index contributed by atoms with van der Waals surface area (Å²) >= 11 is 0. The van der Waals surface area contributed by atoms with E-state index in [0.717, 1.165) is 17.7 Å². The van der Waals surface area contributed by atoms with Gasteiger partial charge in [-0.3, -0.25) is 4.57 Å². The number of benzene rings is 1. The molecule has 1 atom stereocenters. The van der Waals surface area contributed by atoms with Crippen LogP contribution in [0.25, 0.3) is 11.3 Å². The molecule has 2 aliphatic rings. The van der Waals surface area contributed by atoms with Crippen molar-refractivity contribution in [3.8, 4) is 28.8 Å². The second-order valence-electron chi connectivity index (χ2n) is 6.99. The zero-order valence-electron chi connectivity index (χ0n) is 15.4. The molecule has 5 rings (SSSR count). The van der Waals surface area contributed by atoms with Crippen molar-refractivity contribution < 1.29 is 14.2 Å². The molecule has 0 saturated heterocycles. The second-order valence-corrected chi connectivity index (χ2v) is 6.99. The molecule has 2 aliphatic heterocycles. The first-order chi connectivity index (χ1) is 13.7. The lowest BCUT2D eigenvalue weighted by Gasteiger charge is -2.25. The van der Waals surface area contributed by atoms with Crippen molar-refractivity contribution >= 4 is 0 Å². The normalized spacial score (nSPS) is 16.8. The molecule has 0 unspecified atom stereocenters. The van der Waals surface area contributed by atoms with Gasteiger partial charge in [-0.1, -0.05) is 23.8 Å². The quantitative estimate of drug-likeness (QED) is 0.698. The summed E-state index contributed by atoms with van der Waals surface area (Å²) in [6.07, 6.45) is 2.18. The first kappa shape index (κ1) is 16.8. The molecule has 0 fully saturated rings. The van der Waals surface area contributed by atoms with Crippen LogP contribution in [0.3, 0.4) is 0 Å². The van der Waals surface area contributed by atoms with E-state index in [4.69, 9.17) is 14.2 Å². The minimum absolute atomic E-state index is 0.227. The highest BCUT2D eigenvalue weighted by molar-refractivity contribution is 5.67. The third-order valence-electron chi connectivity index (χ3n) is 4.98. The van der Waals surface area contributed by atoms with Gasteiger partial charge in [0, 0.05) is 24.4 Å². The van der Waals surface area contributed by atoms with Crippen LogP contribution >= 0.6 is 0 Å². The van der Waals surface area contributed by atoms with E-state index in [1.54, 1.807) is 22.9 Å². The smallest absolute Gasteiger partial charge is 0.351 e. The van der Waals surface area contributed by atoms with Gasteiger partial charge >= 0.3 is 5.69 Å². The van der Waals surface area contributed by atoms with Crippen molar-refractivity contribution in [1.82, 2.24) is 14.5 Å². The lowest BCUT2D eigenvalue weighted by Crippen LogP contribution is -2.35. The van der Waals surface area contributed by atoms with Crippen LogP contribution < -0.4 is 19.9 Å². The van der Waals surface area contributed by atoms with Crippen molar-refractivity contribution in [3.63, 3.8) is 0 Å². The maximum Gasteiger partial charge on any atom is 0.351 e. The number of pyridine rings is 1. The molecule has 28 heavy (non-hydrogen) atoms. The Labute approximate surface area is 161 Å². The summed E-state index contributed by atoms with van der Waals surface area (Å²) in [6.45, 7) is 3.26. The van der Waals surface area contributed by atoms with Crippen LogP contribution in [0.1, 0.15) is 11.1 Å². The van der Waals surface area contributed by atoms with Crippen LogP contribution in [0, 0.1) is 6.92 Å². The molecular weight excluding hydrogens is 358 g/mol. The maximum absolute atomic E-state index is 12.5. The summed E-state index contributed by atoms with van der Waals surface area (Å²) in [5.41, 5.74) is 4.05. The van der Waals surface area contributed by atoms with Gasteiger partial charge in [0.05, 0.1) is 5.69 Å². The lowest BCUT2D eigenvalue weighted by molar-refractivity contribution is 0.0486. The van der Waals surface area contributed by atoms with Crippen LogP contribution in [-0.4, -0.2) is 33.9 Å². The summed E-state index contributed by atoms with van der Waals surface area (Å²) in [5, 5.41) is 0. The van der Waals surface area contributed by atoms with Gasteiger partial charge in [-0.05, 0) is 31.0 Å². The maximum atomic E-state index is 12.5. The Balaban J connectivity index is 1.38. The fraction of sp³-hybridized carbons (Fsp3) is 0.286. The molecule has 0 saturated carbocycles. The molecule has 0 amide bonds. The Morgan fingerprint density at radius 1 is 1.29 bits per heavy atom.